The fourth-order valence-corrected chi connectivity index (χ4v) is 1.18. The van der Waals surface area contributed by atoms with Gasteiger partial charge in [0.1, 0.15) is 17.7 Å². The van der Waals surface area contributed by atoms with Crippen molar-refractivity contribution < 1.29 is 13.6 Å². The monoisotopic (exact) mass is 224 g/mol. The third-order valence-electron chi connectivity index (χ3n) is 2.03. The molecule has 0 saturated carbocycles. The largest absolute Gasteiger partial charge is 0.337 e. The lowest BCUT2D eigenvalue weighted by molar-refractivity contribution is -0.121. The van der Waals surface area contributed by atoms with Crippen LogP contribution < -0.4 is 5.32 Å². The standard InChI is InChI=1S/C11H10F2N2O/c1-2-11(16)15-10(6-14)8-4-3-7(12)5-9(8)13/h3-5,10H,2H2,1H3,(H,15,16). The number of nitrogens with one attached hydrogen (secondary N) is 1. The first-order chi connectivity index (χ1) is 7.58. The Kier molecular flexibility index (Phi) is 3.95. The molecule has 0 aromatic heterocycles. The number of halogens is 2. The highest BCUT2D eigenvalue weighted by Gasteiger charge is 2.17. The molecule has 5 heteroatoms. The molecule has 84 valence electrons. The van der Waals surface area contributed by atoms with Crippen LogP contribution in [-0.2, 0) is 4.79 Å². The minimum Gasteiger partial charge on any atom is -0.337 e. The van der Waals surface area contributed by atoms with E-state index in [4.69, 9.17) is 5.26 Å². The van der Waals surface area contributed by atoms with Crippen LogP contribution in [0.5, 0.6) is 0 Å². The van der Waals surface area contributed by atoms with Crippen LogP contribution in [0.3, 0.4) is 0 Å². The van der Waals surface area contributed by atoms with Gasteiger partial charge in [-0.05, 0) is 6.07 Å². The molecule has 0 aliphatic heterocycles. The van der Waals surface area contributed by atoms with Crippen LogP contribution in [0.2, 0.25) is 0 Å². The van der Waals surface area contributed by atoms with Gasteiger partial charge in [-0.2, -0.15) is 5.26 Å². The van der Waals surface area contributed by atoms with Crippen LogP contribution in [0.15, 0.2) is 18.2 Å². The normalized spacial score (nSPS) is 11.6. The highest BCUT2D eigenvalue weighted by atomic mass is 19.1. The SMILES string of the molecule is CCC(=O)NC(C#N)c1ccc(F)cc1F. The lowest BCUT2D eigenvalue weighted by atomic mass is 10.1. The van der Waals surface area contributed by atoms with E-state index in [0.29, 0.717) is 6.07 Å². The van der Waals surface area contributed by atoms with Gasteiger partial charge in [-0.15, -0.1) is 0 Å². The fourth-order valence-electron chi connectivity index (χ4n) is 1.18. The molecule has 1 amide bonds. The van der Waals surface area contributed by atoms with Gasteiger partial charge < -0.3 is 5.32 Å². The molecule has 0 heterocycles. The summed E-state index contributed by atoms with van der Waals surface area (Å²) in [5.41, 5.74) is -0.0364. The number of nitrogens with zero attached hydrogens (tertiary/aromatic N) is 1. The van der Waals surface area contributed by atoms with Gasteiger partial charge in [0.05, 0.1) is 6.07 Å². The molecule has 0 fully saturated rings. The van der Waals surface area contributed by atoms with Crippen molar-refractivity contribution in [1.29, 1.82) is 5.26 Å². The van der Waals surface area contributed by atoms with Crippen LogP contribution in [0, 0.1) is 23.0 Å². The third-order valence-corrected chi connectivity index (χ3v) is 2.03. The van der Waals surface area contributed by atoms with E-state index in [1.165, 1.54) is 0 Å². The number of rotatable bonds is 3. The van der Waals surface area contributed by atoms with Crippen molar-refractivity contribution in [3.8, 4) is 6.07 Å². The van der Waals surface area contributed by atoms with Gasteiger partial charge >= 0.3 is 0 Å². The molecule has 1 N–H and O–H groups in total. The predicted octanol–water partition coefficient (Wildman–Crippen LogP) is 2.06. The second-order valence-electron chi connectivity index (χ2n) is 3.15. The van der Waals surface area contributed by atoms with Crippen molar-refractivity contribution in [3.63, 3.8) is 0 Å². The van der Waals surface area contributed by atoms with E-state index in [-0.39, 0.29) is 17.9 Å². The van der Waals surface area contributed by atoms with Crippen LogP contribution in [0.1, 0.15) is 24.9 Å². The number of carbonyl (C=O) groups is 1. The van der Waals surface area contributed by atoms with Gasteiger partial charge in [0.15, 0.2) is 0 Å². The predicted molar refractivity (Wildman–Crippen MR) is 53.1 cm³/mol. The second-order valence-corrected chi connectivity index (χ2v) is 3.15. The summed E-state index contributed by atoms with van der Waals surface area (Å²) < 4.78 is 25.9. The topological polar surface area (TPSA) is 52.9 Å². The van der Waals surface area contributed by atoms with Gasteiger partial charge in [-0.1, -0.05) is 13.0 Å². The number of carbonyl (C=O) groups excluding carboxylic acids is 1. The first-order valence-corrected chi connectivity index (χ1v) is 4.72. The van der Waals surface area contributed by atoms with Crippen LogP contribution in [-0.4, -0.2) is 5.91 Å². The van der Waals surface area contributed by atoms with Gasteiger partial charge in [0, 0.05) is 18.1 Å². The molecule has 1 unspecified atom stereocenters. The Balaban J connectivity index is 2.96. The van der Waals surface area contributed by atoms with Gasteiger partial charge in [-0.25, -0.2) is 8.78 Å². The molecule has 0 aliphatic carbocycles. The lowest BCUT2D eigenvalue weighted by Crippen LogP contribution is -2.27. The molecular formula is C11H10F2N2O. The highest BCUT2D eigenvalue weighted by Crippen LogP contribution is 2.17. The quantitative estimate of drug-likeness (QED) is 0.854. The summed E-state index contributed by atoms with van der Waals surface area (Å²) in [5, 5.41) is 11.1. The van der Waals surface area contributed by atoms with Crippen LogP contribution >= 0.6 is 0 Å². The molecule has 1 atom stereocenters. The number of hydrogen-bond acceptors (Lipinski definition) is 2. The molecular weight excluding hydrogens is 214 g/mol. The van der Waals surface area contributed by atoms with Crippen molar-refractivity contribution in [2.75, 3.05) is 0 Å². The van der Waals surface area contributed by atoms with Crippen molar-refractivity contribution in [2.45, 2.75) is 19.4 Å². The first-order valence-electron chi connectivity index (χ1n) is 4.72. The Morgan fingerprint density at radius 1 is 1.56 bits per heavy atom. The van der Waals surface area contributed by atoms with Gasteiger partial charge in [0.25, 0.3) is 0 Å². The average molecular weight is 224 g/mol. The van der Waals surface area contributed by atoms with E-state index in [1.807, 2.05) is 0 Å². The Hall–Kier alpha value is -1.96. The molecule has 16 heavy (non-hydrogen) atoms. The molecule has 1 aromatic rings. The third kappa shape index (κ3) is 2.76. The van der Waals surface area contributed by atoms with E-state index in [0.717, 1.165) is 12.1 Å². The van der Waals surface area contributed by atoms with E-state index < -0.39 is 17.7 Å². The van der Waals surface area contributed by atoms with Crippen LogP contribution in [0.4, 0.5) is 8.78 Å². The maximum absolute atomic E-state index is 13.3. The van der Waals surface area contributed by atoms with E-state index in [2.05, 4.69) is 5.32 Å². The summed E-state index contributed by atoms with van der Waals surface area (Å²) in [6.07, 6.45) is 0.195. The summed E-state index contributed by atoms with van der Waals surface area (Å²) in [7, 11) is 0. The maximum atomic E-state index is 13.3. The smallest absolute Gasteiger partial charge is 0.221 e. The molecule has 3 nitrogen and oxygen atoms in total. The highest BCUT2D eigenvalue weighted by molar-refractivity contribution is 5.76. The zero-order valence-electron chi connectivity index (χ0n) is 8.63. The summed E-state index contributed by atoms with van der Waals surface area (Å²) in [4.78, 5) is 11.1. The summed E-state index contributed by atoms with van der Waals surface area (Å²) in [5.74, 6) is -1.93. The summed E-state index contributed by atoms with van der Waals surface area (Å²) in [6, 6.07) is 3.53. The molecule has 0 spiro atoms. The number of amides is 1. The lowest BCUT2D eigenvalue weighted by Gasteiger charge is -2.11. The maximum Gasteiger partial charge on any atom is 0.221 e. The Morgan fingerprint density at radius 3 is 2.75 bits per heavy atom. The first kappa shape index (κ1) is 12.1. The molecule has 0 bridgehead atoms. The molecule has 1 rings (SSSR count). The Morgan fingerprint density at radius 2 is 2.25 bits per heavy atom. The van der Waals surface area contributed by atoms with Crippen molar-refractivity contribution >= 4 is 5.91 Å². The van der Waals surface area contributed by atoms with Crippen molar-refractivity contribution in [1.82, 2.24) is 5.32 Å². The number of nitriles is 1. The van der Waals surface area contributed by atoms with E-state index in [1.54, 1.807) is 13.0 Å². The van der Waals surface area contributed by atoms with Gasteiger partial charge in [0.2, 0.25) is 5.91 Å². The van der Waals surface area contributed by atoms with E-state index >= 15 is 0 Å². The number of hydrogen-bond donors (Lipinski definition) is 1. The average Bonchev–Trinajstić information content (AvgIpc) is 2.26. The molecule has 0 aliphatic rings. The fraction of sp³-hybridized carbons (Fsp3) is 0.273. The summed E-state index contributed by atoms with van der Waals surface area (Å²) in [6.45, 7) is 1.62. The Bertz CT molecular complexity index is 440. The Labute approximate surface area is 91.7 Å². The van der Waals surface area contributed by atoms with E-state index in [9.17, 15) is 13.6 Å². The van der Waals surface area contributed by atoms with Crippen molar-refractivity contribution in [2.24, 2.45) is 0 Å². The number of benzene rings is 1. The zero-order chi connectivity index (χ0) is 12.1. The summed E-state index contributed by atoms with van der Waals surface area (Å²) >= 11 is 0. The minimum absolute atomic E-state index is 0.0364. The minimum atomic E-state index is -1.09. The van der Waals surface area contributed by atoms with Crippen LogP contribution in [0.25, 0.3) is 0 Å². The van der Waals surface area contributed by atoms with Crippen molar-refractivity contribution in [3.05, 3.63) is 35.4 Å². The van der Waals surface area contributed by atoms with Gasteiger partial charge in [-0.3, -0.25) is 4.79 Å². The molecule has 0 saturated heterocycles. The second kappa shape index (κ2) is 5.21. The zero-order valence-corrected chi connectivity index (χ0v) is 8.63. The molecule has 1 aromatic carbocycles. The molecule has 0 radical (unpaired) electrons.